The molecule has 5 heterocycles. The quantitative estimate of drug-likeness (QED) is 0.0581. The maximum atomic E-state index is 13.2. The van der Waals surface area contributed by atoms with E-state index < -0.39 is 41.5 Å². The van der Waals surface area contributed by atoms with Gasteiger partial charge in [0, 0.05) is 37.0 Å². The number of nitrogens with one attached hydrogen (secondary N) is 4. The van der Waals surface area contributed by atoms with Gasteiger partial charge in [0.15, 0.2) is 11.4 Å². The average Bonchev–Trinajstić information content (AvgIpc) is 3.62. The maximum absolute atomic E-state index is 13.2. The lowest BCUT2D eigenvalue weighted by molar-refractivity contribution is -0.136. The molecule has 3 aromatic heterocycles. The molecule has 1 atom stereocenters. The van der Waals surface area contributed by atoms with Gasteiger partial charge in [0.1, 0.15) is 31.3 Å². The van der Waals surface area contributed by atoms with E-state index in [1.807, 2.05) is 0 Å². The number of benzene rings is 1. The summed E-state index contributed by atoms with van der Waals surface area (Å²) >= 11 is 0. The van der Waals surface area contributed by atoms with Crippen molar-refractivity contribution in [1.29, 1.82) is 0 Å². The Balaban J connectivity index is 0.817. The topological polar surface area (TPSA) is 255 Å². The molecule has 2 aliphatic heterocycles. The Bertz CT molecular complexity index is 2290. The molecule has 0 spiro atoms. The fourth-order valence-electron chi connectivity index (χ4n) is 6.16. The van der Waals surface area contributed by atoms with Gasteiger partial charge < -0.3 is 35.6 Å². The predicted octanol–water partition coefficient (Wildman–Crippen LogP) is 1.66. The first-order valence-electron chi connectivity index (χ1n) is 18.2. The second-order valence-electron chi connectivity index (χ2n) is 13.3. The predicted molar refractivity (Wildman–Crippen MR) is 201 cm³/mol. The number of amides is 6. The molecule has 4 aromatic rings. The number of anilines is 3. The van der Waals surface area contributed by atoms with Crippen molar-refractivity contribution < 1.29 is 42.7 Å². The number of rotatable bonds is 17. The Morgan fingerprint density at radius 2 is 1.84 bits per heavy atom. The van der Waals surface area contributed by atoms with Crippen LogP contribution >= 0.6 is 0 Å². The number of fused-ring (bicyclic) bond motifs is 1. The number of aromatic nitrogens is 4. The van der Waals surface area contributed by atoms with Crippen molar-refractivity contribution >= 4 is 52.6 Å². The van der Waals surface area contributed by atoms with E-state index in [1.54, 1.807) is 30.5 Å². The minimum absolute atomic E-state index is 0.0109. The molecule has 6 N–H and O–H groups in total. The molecule has 0 bridgehead atoms. The Morgan fingerprint density at radius 3 is 2.65 bits per heavy atom. The number of piperidine rings is 1. The second kappa shape index (κ2) is 17.3. The third kappa shape index (κ3) is 9.15. The summed E-state index contributed by atoms with van der Waals surface area (Å²) in [6.07, 6.45) is 6.81. The third-order valence-electron chi connectivity index (χ3n) is 9.20. The van der Waals surface area contributed by atoms with E-state index in [1.165, 1.54) is 36.0 Å². The van der Waals surface area contributed by atoms with Crippen LogP contribution in [-0.4, -0.2) is 106 Å². The normalized spacial score (nSPS) is 16.1. The number of oxazole rings is 1. The first-order chi connectivity index (χ1) is 27.7. The summed E-state index contributed by atoms with van der Waals surface area (Å²) in [5.41, 5.74) is 6.86. The number of hydrogen-bond donors (Lipinski definition) is 5. The number of imide groups is 2. The fourth-order valence-corrected chi connectivity index (χ4v) is 6.16. The van der Waals surface area contributed by atoms with Crippen molar-refractivity contribution in [3.05, 3.63) is 71.5 Å². The highest BCUT2D eigenvalue weighted by Gasteiger charge is 2.45. The van der Waals surface area contributed by atoms with Gasteiger partial charge in [0.2, 0.25) is 17.7 Å². The maximum Gasteiger partial charge on any atom is 0.277 e. The van der Waals surface area contributed by atoms with Gasteiger partial charge in [0.25, 0.3) is 23.6 Å². The molecule has 19 heteroatoms. The van der Waals surface area contributed by atoms with Gasteiger partial charge in [0.05, 0.1) is 42.8 Å². The molecule has 1 saturated heterocycles. The van der Waals surface area contributed by atoms with Crippen molar-refractivity contribution in [2.45, 2.75) is 38.3 Å². The minimum Gasteiger partial charge on any atom is -0.444 e. The molecule has 0 radical (unpaired) electrons. The van der Waals surface area contributed by atoms with Crippen LogP contribution in [0.3, 0.4) is 0 Å². The highest BCUT2D eigenvalue weighted by atomic mass is 16.5. The molecule has 294 valence electrons. The van der Waals surface area contributed by atoms with E-state index in [4.69, 9.17) is 19.6 Å². The van der Waals surface area contributed by atoms with Crippen LogP contribution in [0.5, 0.6) is 0 Å². The number of primary amides is 1. The van der Waals surface area contributed by atoms with Crippen LogP contribution in [0, 0.1) is 17.8 Å². The lowest BCUT2D eigenvalue weighted by atomic mass is 10.0. The summed E-state index contributed by atoms with van der Waals surface area (Å²) in [5.74, 6) is 3.56. The van der Waals surface area contributed by atoms with E-state index in [0.717, 1.165) is 11.4 Å². The number of pyridine rings is 1. The zero-order chi connectivity index (χ0) is 39.9. The summed E-state index contributed by atoms with van der Waals surface area (Å²) in [6, 6.07) is 7.30. The first kappa shape index (κ1) is 38.4. The molecule has 19 nitrogen and oxygen atoms in total. The summed E-state index contributed by atoms with van der Waals surface area (Å²) in [7, 11) is 0. The van der Waals surface area contributed by atoms with Gasteiger partial charge in [-0.1, -0.05) is 17.9 Å². The van der Waals surface area contributed by atoms with Crippen molar-refractivity contribution in [2.75, 3.05) is 55.5 Å². The van der Waals surface area contributed by atoms with Crippen molar-refractivity contribution in [2.24, 2.45) is 11.7 Å². The van der Waals surface area contributed by atoms with Crippen LogP contribution in [0.1, 0.15) is 67.4 Å². The van der Waals surface area contributed by atoms with Gasteiger partial charge in [-0.05, 0) is 49.4 Å². The smallest absolute Gasteiger partial charge is 0.277 e. The van der Waals surface area contributed by atoms with Crippen LogP contribution in [0.2, 0.25) is 0 Å². The van der Waals surface area contributed by atoms with Crippen LogP contribution in [-0.2, 0) is 25.6 Å². The summed E-state index contributed by atoms with van der Waals surface area (Å²) in [4.78, 5) is 84.7. The van der Waals surface area contributed by atoms with E-state index in [2.05, 4.69) is 48.2 Å². The van der Waals surface area contributed by atoms with Crippen molar-refractivity contribution in [1.82, 2.24) is 30.0 Å². The lowest BCUT2D eigenvalue weighted by Gasteiger charge is -2.27. The second-order valence-corrected chi connectivity index (χ2v) is 13.3. The van der Waals surface area contributed by atoms with Gasteiger partial charge >= 0.3 is 0 Å². The van der Waals surface area contributed by atoms with Crippen LogP contribution in [0.15, 0.2) is 53.4 Å². The molecule has 1 saturated carbocycles. The molecule has 1 aliphatic carbocycles. The number of nitrogens with two attached hydrogens (primary N) is 1. The number of carbonyl (C=O) groups excluding carboxylic acids is 6. The minimum atomic E-state index is -1.04. The standard InChI is InChI=1S/C38H38N10O9/c39-33(50)32-26(43-34(51)27-21-57-36(44-27)23-10-11-41-29(18-23)42-19-22-6-7-22)20-47(46-32)13-1-2-14-55-16-17-56-15-12-40-25-5-3-4-24-31(25)38(54)48(37(24)53)28-8-9-30(49)45-35(28)52/h3-5,10-11,18,20-22,28,40H,6-9,12-17,19H2,(H2,39,50)(H,41,42)(H,43,51)(H,45,49,52). The number of hydrogen-bond acceptors (Lipinski definition) is 14. The number of carbonyl (C=O) groups is 6. The highest BCUT2D eigenvalue weighted by molar-refractivity contribution is 6.25. The largest absolute Gasteiger partial charge is 0.444 e. The number of nitrogens with zero attached hydrogens (tertiary/aromatic N) is 5. The highest BCUT2D eigenvalue weighted by Crippen LogP contribution is 2.32. The molecule has 6 amide bonds. The molecule has 7 rings (SSSR count). The van der Waals surface area contributed by atoms with E-state index in [9.17, 15) is 28.8 Å². The molecule has 2 fully saturated rings. The first-order valence-corrected chi connectivity index (χ1v) is 18.2. The van der Waals surface area contributed by atoms with Crippen LogP contribution in [0.4, 0.5) is 17.2 Å². The van der Waals surface area contributed by atoms with Crippen molar-refractivity contribution in [3.63, 3.8) is 0 Å². The van der Waals surface area contributed by atoms with Gasteiger partial charge in [-0.15, -0.1) is 0 Å². The van der Waals surface area contributed by atoms with Gasteiger partial charge in [-0.2, -0.15) is 5.10 Å². The Kier molecular flexibility index (Phi) is 11.6. The van der Waals surface area contributed by atoms with Crippen molar-refractivity contribution in [3.8, 4) is 23.3 Å². The van der Waals surface area contributed by atoms with Crippen LogP contribution < -0.4 is 27.0 Å². The average molecular weight is 779 g/mol. The van der Waals surface area contributed by atoms with Gasteiger partial charge in [-0.3, -0.25) is 43.7 Å². The molecular weight excluding hydrogens is 740 g/mol. The molecular formula is C38H38N10O9. The summed E-state index contributed by atoms with van der Waals surface area (Å²) in [6.45, 7) is 2.11. The fraction of sp³-hybridized carbons (Fsp3) is 0.342. The molecule has 57 heavy (non-hydrogen) atoms. The zero-order valence-corrected chi connectivity index (χ0v) is 30.5. The molecule has 1 unspecified atom stereocenters. The molecule has 1 aromatic carbocycles. The SMILES string of the molecule is NC(=O)c1nn(CC#CCOCCOCCNc2cccc3c2C(=O)N(C2CCC(=O)NC2=O)C3=O)cc1NC(=O)c1coc(-c2ccnc(NCC3CC3)c2)n1. The van der Waals surface area contributed by atoms with Gasteiger partial charge in [-0.25, -0.2) is 9.97 Å². The van der Waals surface area contributed by atoms with E-state index in [0.29, 0.717) is 29.5 Å². The van der Waals surface area contributed by atoms with E-state index in [-0.39, 0.29) is 79.9 Å². The Morgan fingerprint density at radius 1 is 1.00 bits per heavy atom. The third-order valence-corrected chi connectivity index (χ3v) is 9.20. The Hall–Kier alpha value is -6.91. The monoisotopic (exact) mass is 778 g/mol. The Labute approximate surface area is 325 Å². The number of ether oxygens (including phenoxy) is 2. The summed E-state index contributed by atoms with van der Waals surface area (Å²) < 4.78 is 18.0. The van der Waals surface area contributed by atoms with Crippen LogP contribution in [0.25, 0.3) is 11.5 Å². The summed E-state index contributed by atoms with van der Waals surface area (Å²) in [5, 5.41) is 15.3. The van der Waals surface area contributed by atoms with E-state index >= 15 is 0 Å². The zero-order valence-electron chi connectivity index (χ0n) is 30.5. The lowest BCUT2D eigenvalue weighted by Crippen LogP contribution is -2.54. The molecule has 3 aliphatic rings.